The summed E-state index contributed by atoms with van der Waals surface area (Å²) in [5, 5.41) is 5.07. The zero-order chi connectivity index (χ0) is 17.8. The molecule has 1 amide bonds. The number of amides is 1. The van der Waals surface area contributed by atoms with Gasteiger partial charge in [-0.15, -0.1) is 0 Å². The van der Waals surface area contributed by atoms with Crippen LogP contribution in [-0.2, 0) is 0 Å². The van der Waals surface area contributed by atoms with Gasteiger partial charge in [-0.3, -0.25) is 4.79 Å². The van der Waals surface area contributed by atoms with Gasteiger partial charge in [0.05, 0.1) is 11.3 Å². The number of carbonyl (C=O) groups is 1. The second-order valence-corrected chi connectivity index (χ2v) is 6.23. The van der Waals surface area contributed by atoms with Crippen LogP contribution in [0.15, 0.2) is 12.1 Å². The molecule has 0 bridgehead atoms. The summed E-state index contributed by atoms with van der Waals surface area (Å²) in [6.45, 7) is 4.58. The second-order valence-electron chi connectivity index (χ2n) is 6.23. The summed E-state index contributed by atoms with van der Waals surface area (Å²) in [5.41, 5.74) is -0.502. The Hall–Kier alpha value is -1.99. The maximum atomic E-state index is 14.0. The Morgan fingerprint density at radius 3 is 2.30 bits per heavy atom. The molecule has 2 N–H and O–H groups in total. The molecule has 1 rings (SSSR count). The first-order valence-electron chi connectivity index (χ1n) is 6.92. The summed E-state index contributed by atoms with van der Waals surface area (Å²) in [6, 6.07) is 1.92. The number of carbonyl (C=O) groups excluding carboxylic acids is 1. The van der Waals surface area contributed by atoms with E-state index >= 15 is 0 Å². The van der Waals surface area contributed by atoms with Crippen LogP contribution in [0.2, 0.25) is 0 Å². The van der Waals surface area contributed by atoms with Gasteiger partial charge in [-0.1, -0.05) is 20.8 Å². The van der Waals surface area contributed by atoms with E-state index in [0.717, 1.165) is 12.1 Å². The van der Waals surface area contributed by atoms with E-state index in [4.69, 9.17) is 4.74 Å². The van der Waals surface area contributed by atoms with Crippen LogP contribution in [0.5, 0.6) is 5.75 Å². The highest BCUT2D eigenvalue weighted by molar-refractivity contribution is 5.95. The summed E-state index contributed by atoms with van der Waals surface area (Å²) in [5.74, 6) is -1.83. The SMILES string of the molecule is CNC(=O)c1cc(OCC(F)(F)F)c(NCC(C)(C)C)cc1F. The average Bonchev–Trinajstić information content (AvgIpc) is 2.41. The van der Waals surface area contributed by atoms with Crippen molar-refractivity contribution in [3.05, 3.63) is 23.5 Å². The topological polar surface area (TPSA) is 50.4 Å². The number of hydrogen-bond donors (Lipinski definition) is 2. The molecule has 0 saturated heterocycles. The van der Waals surface area contributed by atoms with Gasteiger partial charge in [0, 0.05) is 19.7 Å². The molecule has 1 aromatic rings. The fraction of sp³-hybridized carbons (Fsp3) is 0.533. The normalized spacial score (nSPS) is 12.0. The van der Waals surface area contributed by atoms with Crippen molar-refractivity contribution in [2.45, 2.75) is 26.9 Å². The molecule has 130 valence electrons. The number of ether oxygens (including phenoxy) is 1. The van der Waals surface area contributed by atoms with Gasteiger partial charge in [-0.25, -0.2) is 4.39 Å². The lowest BCUT2D eigenvalue weighted by molar-refractivity contribution is -0.153. The molecule has 0 aromatic heterocycles. The highest BCUT2D eigenvalue weighted by Crippen LogP contribution is 2.31. The maximum Gasteiger partial charge on any atom is 0.422 e. The molecule has 1 aromatic carbocycles. The molecule has 0 unspecified atom stereocenters. The highest BCUT2D eigenvalue weighted by atomic mass is 19.4. The monoisotopic (exact) mass is 336 g/mol. The van der Waals surface area contributed by atoms with Crippen LogP contribution in [0, 0.1) is 11.2 Å². The van der Waals surface area contributed by atoms with E-state index in [2.05, 4.69) is 10.6 Å². The Balaban J connectivity index is 3.14. The molecule has 0 atom stereocenters. The Kier molecular flexibility index (Phi) is 5.85. The number of nitrogens with one attached hydrogen (secondary N) is 2. The lowest BCUT2D eigenvalue weighted by Gasteiger charge is -2.22. The number of hydrogen-bond acceptors (Lipinski definition) is 3. The molecule has 8 heteroatoms. The van der Waals surface area contributed by atoms with Crippen molar-refractivity contribution in [1.82, 2.24) is 5.32 Å². The number of rotatable bonds is 5. The van der Waals surface area contributed by atoms with Crippen molar-refractivity contribution in [2.24, 2.45) is 5.41 Å². The van der Waals surface area contributed by atoms with E-state index in [1.165, 1.54) is 7.05 Å². The third-order valence-electron chi connectivity index (χ3n) is 2.74. The molecule has 0 fully saturated rings. The molecular formula is C15H20F4N2O2. The second kappa shape index (κ2) is 7.06. The molecule has 4 nitrogen and oxygen atoms in total. The summed E-state index contributed by atoms with van der Waals surface area (Å²) < 4.78 is 55.8. The van der Waals surface area contributed by atoms with E-state index in [1.807, 2.05) is 20.8 Å². The molecule has 0 heterocycles. The van der Waals surface area contributed by atoms with Crippen LogP contribution in [0.1, 0.15) is 31.1 Å². The zero-order valence-corrected chi connectivity index (χ0v) is 13.4. The van der Waals surface area contributed by atoms with E-state index < -0.39 is 24.5 Å². The molecule has 0 spiro atoms. The van der Waals surface area contributed by atoms with Crippen LogP contribution in [0.3, 0.4) is 0 Å². The van der Waals surface area contributed by atoms with E-state index in [1.54, 1.807) is 0 Å². The van der Waals surface area contributed by atoms with Crippen LogP contribution in [0.25, 0.3) is 0 Å². The van der Waals surface area contributed by atoms with Gasteiger partial charge in [0.25, 0.3) is 5.91 Å². The van der Waals surface area contributed by atoms with Crippen molar-refractivity contribution >= 4 is 11.6 Å². The first kappa shape index (κ1) is 19.1. The molecule has 23 heavy (non-hydrogen) atoms. The van der Waals surface area contributed by atoms with Gasteiger partial charge in [0.15, 0.2) is 6.61 Å². The van der Waals surface area contributed by atoms with Crippen molar-refractivity contribution in [2.75, 3.05) is 25.5 Å². The van der Waals surface area contributed by atoms with Gasteiger partial charge in [-0.2, -0.15) is 13.2 Å². The first-order chi connectivity index (χ1) is 10.4. The third-order valence-corrected chi connectivity index (χ3v) is 2.74. The van der Waals surface area contributed by atoms with Crippen molar-refractivity contribution in [3.8, 4) is 5.75 Å². The van der Waals surface area contributed by atoms with E-state index in [0.29, 0.717) is 6.54 Å². The smallest absolute Gasteiger partial charge is 0.422 e. The van der Waals surface area contributed by atoms with Crippen molar-refractivity contribution in [1.29, 1.82) is 0 Å². The molecule has 0 aliphatic carbocycles. The van der Waals surface area contributed by atoms with Crippen molar-refractivity contribution < 1.29 is 27.1 Å². The minimum absolute atomic E-state index is 0.0642. The predicted molar refractivity (Wildman–Crippen MR) is 79.3 cm³/mol. The fourth-order valence-corrected chi connectivity index (χ4v) is 1.64. The molecule has 0 saturated carbocycles. The summed E-state index contributed by atoms with van der Waals surface area (Å²) >= 11 is 0. The predicted octanol–water partition coefficient (Wildman–Crippen LogP) is 3.58. The zero-order valence-electron chi connectivity index (χ0n) is 13.4. The Morgan fingerprint density at radius 2 is 1.83 bits per heavy atom. The number of alkyl halides is 3. The third kappa shape index (κ3) is 6.33. The van der Waals surface area contributed by atoms with E-state index in [-0.39, 0.29) is 22.4 Å². The van der Waals surface area contributed by atoms with Gasteiger partial charge in [0.1, 0.15) is 11.6 Å². The number of benzene rings is 1. The largest absolute Gasteiger partial charge is 0.482 e. The highest BCUT2D eigenvalue weighted by Gasteiger charge is 2.29. The lowest BCUT2D eigenvalue weighted by atomic mass is 9.97. The summed E-state index contributed by atoms with van der Waals surface area (Å²) in [7, 11) is 1.30. The Bertz CT molecular complexity index is 566. The van der Waals surface area contributed by atoms with E-state index in [9.17, 15) is 22.4 Å². The minimum atomic E-state index is -4.54. The van der Waals surface area contributed by atoms with Gasteiger partial charge < -0.3 is 15.4 Å². The molecule has 0 aliphatic heterocycles. The minimum Gasteiger partial charge on any atom is -0.482 e. The average molecular weight is 336 g/mol. The summed E-state index contributed by atoms with van der Waals surface area (Å²) in [6.07, 6.45) is -4.54. The standard InChI is InChI=1S/C15H20F4N2O2/c1-14(2,3)7-21-11-6-10(16)9(13(22)20-4)5-12(11)23-8-15(17,18)19/h5-6,21H,7-8H2,1-4H3,(H,20,22). The first-order valence-corrected chi connectivity index (χ1v) is 6.92. The van der Waals surface area contributed by atoms with Crippen molar-refractivity contribution in [3.63, 3.8) is 0 Å². The molecule has 0 aliphatic rings. The fourth-order valence-electron chi connectivity index (χ4n) is 1.64. The van der Waals surface area contributed by atoms with Gasteiger partial charge in [-0.05, 0) is 11.5 Å². The maximum absolute atomic E-state index is 14.0. The Morgan fingerprint density at radius 1 is 1.22 bits per heavy atom. The van der Waals surface area contributed by atoms with Gasteiger partial charge >= 0.3 is 6.18 Å². The Labute approximate surface area is 132 Å². The number of anilines is 1. The quantitative estimate of drug-likeness (QED) is 0.808. The van der Waals surface area contributed by atoms with Crippen LogP contribution in [-0.4, -0.2) is 32.3 Å². The number of halogens is 4. The van der Waals surface area contributed by atoms with Gasteiger partial charge in [0.2, 0.25) is 0 Å². The van der Waals surface area contributed by atoms with Crippen LogP contribution >= 0.6 is 0 Å². The molecule has 0 radical (unpaired) electrons. The van der Waals surface area contributed by atoms with Crippen LogP contribution in [0.4, 0.5) is 23.2 Å². The molecular weight excluding hydrogens is 316 g/mol. The van der Waals surface area contributed by atoms with Crippen LogP contribution < -0.4 is 15.4 Å². The lowest BCUT2D eigenvalue weighted by Crippen LogP contribution is -2.23. The summed E-state index contributed by atoms with van der Waals surface area (Å²) in [4.78, 5) is 11.6.